The normalized spacial score (nSPS) is 17.3. The Morgan fingerprint density at radius 2 is 2.07 bits per heavy atom. The Bertz CT molecular complexity index is 402. The number of anilines is 2. The average molecular weight is 227 g/mol. The van der Waals surface area contributed by atoms with Crippen LogP contribution in [0.25, 0.3) is 0 Å². The fourth-order valence-electron chi connectivity index (χ4n) is 1.73. The maximum absolute atomic E-state index is 11.6. The second-order valence-electron chi connectivity index (χ2n) is 4.43. The van der Waals surface area contributed by atoms with E-state index >= 15 is 0 Å². The first-order valence-electron chi connectivity index (χ1n) is 4.69. The Hall–Kier alpha value is -1.22. The number of halogens is 1. The van der Waals surface area contributed by atoms with Gasteiger partial charge < -0.3 is 11.1 Å². The number of amides is 1. The van der Waals surface area contributed by atoms with Gasteiger partial charge in [0, 0.05) is 16.8 Å². The molecule has 3 nitrogen and oxygen atoms in total. The number of rotatable bonds is 0. The first kappa shape index (κ1) is 11.9. The molecule has 4 heteroatoms. The fourth-order valence-corrected chi connectivity index (χ4v) is 1.73. The van der Waals surface area contributed by atoms with E-state index in [9.17, 15) is 4.79 Å². The summed E-state index contributed by atoms with van der Waals surface area (Å²) in [6.45, 7) is 3.88. The number of fused-ring (bicyclic) bond motifs is 1. The predicted octanol–water partition coefficient (Wildman–Crippen LogP) is 2.21. The monoisotopic (exact) mass is 226 g/mol. The van der Waals surface area contributed by atoms with Crippen LogP contribution in [-0.4, -0.2) is 5.91 Å². The number of nitrogens with two attached hydrogens (primary N) is 1. The number of nitrogen functional groups attached to an aromatic ring is 1. The zero-order valence-electron chi connectivity index (χ0n) is 8.83. The molecule has 1 aromatic carbocycles. The fraction of sp³-hybridized carbons (Fsp3) is 0.364. The molecule has 0 atom stereocenters. The molecule has 0 aromatic heterocycles. The molecular weight excluding hydrogens is 212 g/mol. The summed E-state index contributed by atoms with van der Waals surface area (Å²) in [4.78, 5) is 11.6. The average Bonchev–Trinajstić information content (AvgIpc) is 2.07. The summed E-state index contributed by atoms with van der Waals surface area (Å²) >= 11 is 0. The van der Waals surface area contributed by atoms with E-state index in [0.29, 0.717) is 0 Å². The third-order valence-corrected chi connectivity index (χ3v) is 2.62. The lowest BCUT2D eigenvalue weighted by Crippen LogP contribution is -2.37. The zero-order valence-corrected chi connectivity index (χ0v) is 9.65. The van der Waals surface area contributed by atoms with Gasteiger partial charge in [-0.1, -0.05) is 13.8 Å². The van der Waals surface area contributed by atoms with E-state index in [-0.39, 0.29) is 23.7 Å². The smallest absolute Gasteiger partial charge is 0.230 e. The highest BCUT2D eigenvalue weighted by Crippen LogP contribution is 2.33. The third-order valence-electron chi connectivity index (χ3n) is 2.62. The second kappa shape index (κ2) is 3.74. The number of hydrogen-bond acceptors (Lipinski definition) is 2. The van der Waals surface area contributed by atoms with Crippen molar-refractivity contribution in [2.45, 2.75) is 20.3 Å². The second-order valence-corrected chi connectivity index (χ2v) is 4.43. The number of hydrogen-bond donors (Lipinski definition) is 2. The third kappa shape index (κ3) is 2.07. The maximum atomic E-state index is 11.6. The summed E-state index contributed by atoms with van der Waals surface area (Å²) in [5.74, 6) is 0.0785. The molecule has 1 amide bonds. The molecule has 3 N–H and O–H groups in total. The van der Waals surface area contributed by atoms with Gasteiger partial charge in [-0.2, -0.15) is 0 Å². The van der Waals surface area contributed by atoms with Crippen LogP contribution in [0.15, 0.2) is 18.2 Å². The molecule has 1 aromatic rings. The standard InChI is InChI=1S/C11H14N2O.ClH/c1-11(2)6-7-5-8(12)3-4-9(7)13-10(11)14;/h3-5H,6,12H2,1-2H3,(H,13,14);1H. The molecule has 2 rings (SSSR count). The molecule has 0 aliphatic carbocycles. The summed E-state index contributed by atoms with van der Waals surface area (Å²) in [5, 5.41) is 2.88. The van der Waals surface area contributed by atoms with Crippen molar-refractivity contribution in [2.75, 3.05) is 11.1 Å². The van der Waals surface area contributed by atoms with Crippen LogP contribution in [0.1, 0.15) is 19.4 Å². The van der Waals surface area contributed by atoms with Gasteiger partial charge in [-0.3, -0.25) is 4.79 Å². The lowest BCUT2D eigenvalue weighted by molar-refractivity contribution is -0.124. The van der Waals surface area contributed by atoms with Gasteiger partial charge in [0.25, 0.3) is 0 Å². The molecule has 0 bridgehead atoms. The van der Waals surface area contributed by atoms with Crippen LogP contribution in [-0.2, 0) is 11.2 Å². The largest absolute Gasteiger partial charge is 0.399 e. The molecule has 0 fully saturated rings. The van der Waals surface area contributed by atoms with Crippen LogP contribution >= 0.6 is 12.4 Å². The topological polar surface area (TPSA) is 55.1 Å². The van der Waals surface area contributed by atoms with Gasteiger partial charge in [0.1, 0.15) is 0 Å². The van der Waals surface area contributed by atoms with Gasteiger partial charge in [-0.05, 0) is 30.2 Å². The van der Waals surface area contributed by atoms with Crippen LogP contribution in [0.5, 0.6) is 0 Å². The van der Waals surface area contributed by atoms with Gasteiger partial charge in [-0.25, -0.2) is 0 Å². The van der Waals surface area contributed by atoms with Crippen LogP contribution < -0.4 is 11.1 Å². The van der Waals surface area contributed by atoms with Gasteiger partial charge in [0.05, 0.1) is 0 Å². The Morgan fingerprint density at radius 3 is 2.73 bits per heavy atom. The van der Waals surface area contributed by atoms with Gasteiger partial charge in [0.15, 0.2) is 0 Å². The van der Waals surface area contributed by atoms with Gasteiger partial charge in [-0.15, -0.1) is 12.4 Å². The molecule has 0 unspecified atom stereocenters. The van der Waals surface area contributed by atoms with Gasteiger partial charge >= 0.3 is 0 Å². The van der Waals surface area contributed by atoms with Crippen molar-refractivity contribution in [1.29, 1.82) is 0 Å². The van der Waals surface area contributed by atoms with Crippen molar-refractivity contribution >= 4 is 29.7 Å². The minimum atomic E-state index is -0.333. The van der Waals surface area contributed by atoms with Crippen LogP contribution in [0.2, 0.25) is 0 Å². The first-order valence-corrected chi connectivity index (χ1v) is 4.69. The van der Waals surface area contributed by atoms with E-state index in [2.05, 4.69) is 5.32 Å². The number of carbonyl (C=O) groups is 1. The predicted molar refractivity (Wildman–Crippen MR) is 64.2 cm³/mol. The minimum absolute atomic E-state index is 0. The summed E-state index contributed by atoms with van der Waals surface area (Å²) in [6.07, 6.45) is 0.749. The minimum Gasteiger partial charge on any atom is -0.399 e. The van der Waals surface area contributed by atoms with Crippen molar-refractivity contribution in [3.8, 4) is 0 Å². The lowest BCUT2D eigenvalue weighted by atomic mass is 9.81. The van der Waals surface area contributed by atoms with E-state index in [4.69, 9.17) is 5.73 Å². The van der Waals surface area contributed by atoms with Crippen molar-refractivity contribution in [2.24, 2.45) is 5.41 Å². The maximum Gasteiger partial charge on any atom is 0.230 e. The van der Waals surface area contributed by atoms with Crippen molar-refractivity contribution in [1.82, 2.24) is 0 Å². The zero-order chi connectivity index (χ0) is 10.3. The summed E-state index contributed by atoms with van der Waals surface area (Å²) in [5.41, 5.74) is 8.12. The molecule has 15 heavy (non-hydrogen) atoms. The van der Waals surface area contributed by atoms with E-state index in [0.717, 1.165) is 23.4 Å². The molecule has 0 spiro atoms. The molecule has 1 aliphatic heterocycles. The quantitative estimate of drug-likeness (QED) is 0.667. The van der Waals surface area contributed by atoms with Crippen LogP contribution in [0.4, 0.5) is 11.4 Å². The number of nitrogens with one attached hydrogen (secondary N) is 1. The van der Waals surface area contributed by atoms with Crippen molar-refractivity contribution < 1.29 is 4.79 Å². The highest BCUT2D eigenvalue weighted by molar-refractivity contribution is 5.98. The molecule has 0 saturated heterocycles. The van der Waals surface area contributed by atoms with E-state index in [1.807, 2.05) is 26.0 Å². The van der Waals surface area contributed by atoms with E-state index in [1.54, 1.807) is 6.07 Å². The molecule has 1 aliphatic rings. The summed E-state index contributed by atoms with van der Waals surface area (Å²) < 4.78 is 0. The molecular formula is C11H15ClN2O. The van der Waals surface area contributed by atoms with Gasteiger partial charge in [0.2, 0.25) is 5.91 Å². The SMILES string of the molecule is CC1(C)Cc2cc(N)ccc2NC1=O.Cl. The highest BCUT2D eigenvalue weighted by atomic mass is 35.5. The Balaban J connectivity index is 0.00000112. The highest BCUT2D eigenvalue weighted by Gasteiger charge is 2.33. The summed E-state index contributed by atoms with van der Waals surface area (Å²) in [6, 6.07) is 5.59. The molecule has 0 radical (unpaired) electrons. The molecule has 0 saturated carbocycles. The Labute approximate surface area is 95.5 Å². The van der Waals surface area contributed by atoms with E-state index < -0.39 is 0 Å². The molecule has 1 heterocycles. The first-order chi connectivity index (χ1) is 6.49. The van der Waals surface area contributed by atoms with Crippen LogP contribution in [0, 0.1) is 5.41 Å². The Kier molecular flexibility index (Phi) is 2.95. The van der Waals surface area contributed by atoms with Crippen LogP contribution in [0.3, 0.4) is 0 Å². The van der Waals surface area contributed by atoms with Crippen molar-refractivity contribution in [3.63, 3.8) is 0 Å². The van der Waals surface area contributed by atoms with Crippen molar-refractivity contribution in [3.05, 3.63) is 23.8 Å². The Morgan fingerprint density at radius 1 is 1.40 bits per heavy atom. The summed E-state index contributed by atoms with van der Waals surface area (Å²) in [7, 11) is 0. The lowest BCUT2D eigenvalue weighted by Gasteiger charge is -2.30. The number of benzene rings is 1. The van der Waals surface area contributed by atoms with E-state index in [1.165, 1.54) is 0 Å². The number of carbonyl (C=O) groups excluding carboxylic acids is 1. The molecule has 82 valence electrons.